The summed E-state index contributed by atoms with van der Waals surface area (Å²) in [6, 6.07) is 18.6. The third-order valence-electron chi connectivity index (χ3n) is 8.17. The third-order valence-corrected chi connectivity index (χ3v) is 9.85. The molecule has 3 aromatic carbocycles. The molecule has 11 heteroatoms. The fourth-order valence-electron chi connectivity index (χ4n) is 5.45. The molecule has 1 amide bonds. The van der Waals surface area contributed by atoms with Crippen LogP contribution in [0.1, 0.15) is 66.9 Å². The maximum Gasteiger partial charge on any atom is 0.419 e. The number of nitrogens with zero attached hydrogens (tertiary/aromatic N) is 3. The molecule has 1 heterocycles. The zero-order valence-electron chi connectivity index (χ0n) is 25.4. The molecule has 240 valence electrons. The number of sulfone groups is 1. The second kappa shape index (κ2) is 13.1. The highest BCUT2D eigenvalue weighted by molar-refractivity contribution is 7.91. The maximum atomic E-state index is 14.0. The Kier molecular flexibility index (Phi) is 9.40. The number of carbonyl (C=O) groups is 1. The Bertz CT molecular complexity index is 1880. The van der Waals surface area contributed by atoms with Crippen molar-refractivity contribution in [3.63, 3.8) is 0 Å². The van der Waals surface area contributed by atoms with Gasteiger partial charge in [-0.3, -0.25) is 9.36 Å². The first kappa shape index (κ1) is 32.9. The van der Waals surface area contributed by atoms with Crippen LogP contribution in [0.25, 0.3) is 16.9 Å². The van der Waals surface area contributed by atoms with E-state index in [9.17, 15) is 30.8 Å². The number of benzene rings is 3. The van der Waals surface area contributed by atoms with Gasteiger partial charge in [-0.15, -0.1) is 6.42 Å². The highest BCUT2D eigenvalue weighted by atomic mass is 32.2. The van der Waals surface area contributed by atoms with Crippen LogP contribution >= 0.6 is 0 Å². The van der Waals surface area contributed by atoms with E-state index in [-0.39, 0.29) is 29.5 Å². The molecule has 1 aliphatic carbocycles. The monoisotopic (exact) mass is 651 g/mol. The lowest BCUT2D eigenvalue weighted by Crippen LogP contribution is -2.39. The number of terminal acetylenes is 1. The fraction of sp³-hybridized carbons (Fsp3) is 0.314. The minimum Gasteiger partial charge on any atom is -0.331 e. The van der Waals surface area contributed by atoms with E-state index < -0.39 is 45.8 Å². The van der Waals surface area contributed by atoms with Crippen molar-refractivity contribution in [2.24, 2.45) is 0 Å². The van der Waals surface area contributed by atoms with Crippen LogP contribution in [0.4, 0.5) is 17.6 Å². The molecule has 0 bridgehead atoms. The SMILES string of the molecule is C#Cc1ccc(-n2c([C@@H](C)N(CCS(=O)(=O)CC)C(=O)Cc3ccc(F)c(C(F)(F)F)c3)nc(C3CC3)c2-c2ccccc2)cc1. The molecule has 1 atom stereocenters. The summed E-state index contributed by atoms with van der Waals surface area (Å²) in [7, 11) is -3.53. The maximum absolute atomic E-state index is 14.0. The molecule has 5 rings (SSSR count). The zero-order valence-corrected chi connectivity index (χ0v) is 26.2. The van der Waals surface area contributed by atoms with Gasteiger partial charge in [-0.05, 0) is 61.7 Å². The molecule has 0 radical (unpaired) electrons. The quantitative estimate of drug-likeness (QED) is 0.128. The van der Waals surface area contributed by atoms with E-state index in [0.29, 0.717) is 23.5 Å². The summed E-state index contributed by atoms with van der Waals surface area (Å²) < 4.78 is 81.5. The van der Waals surface area contributed by atoms with Gasteiger partial charge in [0.1, 0.15) is 11.6 Å². The van der Waals surface area contributed by atoms with Crippen LogP contribution < -0.4 is 0 Å². The first-order chi connectivity index (χ1) is 21.8. The summed E-state index contributed by atoms with van der Waals surface area (Å²) in [5.41, 5.74) is 2.44. The van der Waals surface area contributed by atoms with Gasteiger partial charge in [0.25, 0.3) is 0 Å². The van der Waals surface area contributed by atoms with E-state index in [4.69, 9.17) is 11.4 Å². The number of imidazole rings is 1. The van der Waals surface area contributed by atoms with Gasteiger partial charge in [0.2, 0.25) is 5.91 Å². The molecule has 0 saturated heterocycles. The fourth-order valence-corrected chi connectivity index (χ4v) is 6.21. The topological polar surface area (TPSA) is 72.3 Å². The Morgan fingerprint density at radius 1 is 1.09 bits per heavy atom. The van der Waals surface area contributed by atoms with Crippen LogP contribution in [0.5, 0.6) is 0 Å². The molecule has 1 aromatic heterocycles. The van der Waals surface area contributed by atoms with Crippen LogP contribution in [0.2, 0.25) is 0 Å². The number of amides is 1. The minimum atomic E-state index is -4.95. The Morgan fingerprint density at radius 2 is 1.76 bits per heavy atom. The molecule has 6 nitrogen and oxygen atoms in total. The first-order valence-corrected chi connectivity index (χ1v) is 16.8. The summed E-state index contributed by atoms with van der Waals surface area (Å²) in [4.78, 5) is 20.3. The molecule has 1 fully saturated rings. The average molecular weight is 652 g/mol. The van der Waals surface area contributed by atoms with Crippen LogP contribution in [0.15, 0.2) is 72.8 Å². The predicted molar refractivity (Wildman–Crippen MR) is 168 cm³/mol. The van der Waals surface area contributed by atoms with E-state index >= 15 is 0 Å². The summed E-state index contributed by atoms with van der Waals surface area (Å²) in [6.45, 7) is 3.01. The molecule has 46 heavy (non-hydrogen) atoms. The third kappa shape index (κ3) is 7.18. The molecule has 0 N–H and O–H groups in total. The van der Waals surface area contributed by atoms with E-state index in [0.717, 1.165) is 41.5 Å². The minimum absolute atomic E-state index is 0.0499. The van der Waals surface area contributed by atoms with Crippen molar-refractivity contribution >= 4 is 15.7 Å². The number of rotatable bonds is 11. The van der Waals surface area contributed by atoms with Crippen molar-refractivity contribution in [3.05, 3.63) is 107 Å². The van der Waals surface area contributed by atoms with E-state index in [1.807, 2.05) is 47.0 Å². The number of halogens is 4. The van der Waals surface area contributed by atoms with E-state index in [1.54, 1.807) is 19.1 Å². The van der Waals surface area contributed by atoms with Crippen LogP contribution in [-0.4, -0.2) is 46.8 Å². The molecule has 0 aliphatic heterocycles. The molecule has 0 spiro atoms. The number of alkyl halides is 3. The van der Waals surface area contributed by atoms with Gasteiger partial charge in [0, 0.05) is 35.0 Å². The average Bonchev–Trinajstić information content (AvgIpc) is 3.81. The number of hydrogen-bond donors (Lipinski definition) is 0. The zero-order chi connectivity index (χ0) is 33.2. The van der Waals surface area contributed by atoms with Crippen LogP contribution in [-0.2, 0) is 27.2 Å². The highest BCUT2D eigenvalue weighted by Gasteiger charge is 2.37. The van der Waals surface area contributed by atoms with Gasteiger partial charge >= 0.3 is 6.18 Å². The first-order valence-electron chi connectivity index (χ1n) is 14.9. The molecule has 0 unspecified atom stereocenters. The standard InChI is InChI=1S/C35H33F4N3O3S/c1-4-24-11-16-28(17-12-24)42-33(27-9-7-6-8-10-27)32(26-14-15-26)40-34(42)23(3)41(19-20-46(44,45)5-2)31(43)22-25-13-18-30(36)29(21-25)35(37,38)39/h1,6-13,16-18,21,23,26H,5,14-15,19-20,22H2,2-3H3/t23-/m1/s1. The van der Waals surface area contributed by atoms with Crippen molar-refractivity contribution in [3.8, 4) is 29.3 Å². The van der Waals surface area contributed by atoms with Crippen LogP contribution in [0.3, 0.4) is 0 Å². The summed E-state index contributed by atoms with van der Waals surface area (Å²) in [5.74, 6) is 0.702. The predicted octanol–water partition coefficient (Wildman–Crippen LogP) is 7.12. The smallest absolute Gasteiger partial charge is 0.331 e. The second-order valence-corrected chi connectivity index (χ2v) is 13.8. The lowest BCUT2D eigenvalue weighted by atomic mass is 10.1. The lowest BCUT2D eigenvalue weighted by Gasteiger charge is -2.30. The van der Waals surface area contributed by atoms with Crippen molar-refractivity contribution in [2.45, 2.75) is 51.2 Å². The Balaban J connectivity index is 1.63. The van der Waals surface area contributed by atoms with Crippen molar-refractivity contribution in [2.75, 3.05) is 18.1 Å². The molecular formula is C35H33F4N3O3S. The summed E-state index contributed by atoms with van der Waals surface area (Å²) in [6.07, 6.45) is 2.02. The van der Waals surface area contributed by atoms with E-state index in [2.05, 4.69) is 5.92 Å². The van der Waals surface area contributed by atoms with E-state index in [1.165, 1.54) is 11.8 Å². The lowest BCUT2D eigenvalue weighted by molar-refractivity contribution is -0.140. The van der Waals surface area contributed by atoms with Gasteiger partial charge < -0.3 is 4.90 Å². The molecule has 4 aromatic rings. The van der Waals surface area contributed by atoms with Crippen molar-refractivity contribution in [1.29, 1.82) is 0 Å². The van der Waals surface area contributed by atoms with Crippen molar-refractivity contribution in [1.82, 2.24) is 14.5 Å². The normalized spacial score (nSPS) is 14.1. The highest BCUT2D eigenvalue weighted by Crippen LogP contribution is 2.46. The Labute approximate surface area is 266 Å². The summed E-state index contributed by atoms with van der Waals surface area (Å²) in [5, 5.41) is 0. The molecule has 1 saturated carbocycles. The Hall–Kier alpha value is -4.43. The van der Waals surface area contributed by atoms with Crippen LogP contribution in [0, 0.1) is 18.2 Å². The van der Waals surface area contributed by atoms with Gasteiger partial charge in [-0.1, -0.05) is 49.2 Å². The second-order valence-electron chi connectivity index (χ2n) is 11.4. The number of carbonyl (C=O) groups excluding carboxylic acids is 1. The van der Waals surface area contributed by atoms with Crippen molar-refractivity contribution < 1.29 is 30.8 Å². The van der Waals surface area contributed by atoms with Gasteiger partial charge in [-0.2, -0.15) is 13.2 Å². The van der Waals surface area contributed by atoms with Gasteiger partial charge in [0.15, 0.2) is 9.84 Å². The number of aromatic nitrogens is 2. The Morgan fingerprint density at radius 3 is 2.35 bits per heavy atom. The van der Waals surface area contributed by atoms with Gasteiger partial charge in [0.05, 0.1) is 35.2 Å². The summed E-state index contributed by atoms with van der Waals surface area (Å²) >= 11 is 0. The van der Waals surface area contributed by atoms with Gasteiger partial charge in [-0.25, -0.2) is 17.8 Å². The number of hydrogen-bond acceptors (Lipinski definition) is 4. The largest absolute Gasteiger partial charge is 0.419 e. The molecule has 1 aliphatic rings. The molecular weight excluding hydrogens is 618 g/mol.